The number of ether oxygens (including phenoxy) is 1. The van der Waals surface area contributed by atoms with Gasteiger partial charge in [0.1, 0.15) is 17.7 Å². The number of hydrogen-bond acceptors (Lipinski definition) is 7. The van der Waals surface area contributed by atoms with Crippen molar-refractivity contribution in [2.45, 2.75) is 31.8 Å². The van der Waals surface area contributed by atoms with Crippen molar-refractivity contribution >= 4 is 17.2 Å². The number of aliphatic hydroxyl groups excluding tert-OH is 1. The largest absolute Gasteiger partial charge is 0.484 e. The summed E-state index contributed by atoms with van der Waals surface area (Å²) in [7, 11) is 0. The first-order valence-corrected chi connectivity index (χ1v) is 9.44. The molecule has 2 fully saturated rings. The average molecular weight is 385 g/mol. The van der Waals surface area contributed by atoms with E-state index in [4.69, 9.17) is 15.9 Å². The smallest absolute Gasteiger partial charge is 0.167 e. The van der Waals surface area contributed by atoms with Crippen LogP contribution in [0.4, 0.5) is 15.9 Å². The molecule has 1 saturated carbocycles. The van der Waals surface area contributed by atoms with Crippen molar-refractivity contribution in [2.24, 2.45) is 5.92 Å². The highest BCUT2D eigenvalue weighted by molar-refractivity contribution is 6.13. The van der Waals surface area contributed by atoms with Gasteiger partial charge in [-0.3, -0.25) is 5.41 Å². The molecule has 8 heteroatoms. The fourth-order valence-corrected chi connectivity index (χ4v) is 3.39. The molecule has 0 bridgehead atoms. The predicted octanol–water partition coefficient (Wildman–Crippen LogP) is 2.36. The van der Waals surface area contributed by atoms with Gasteiger partial charge >= 0.3 is 0 Å². The van der Waals surface area contributed by atoms with E-state index in [0.717, 1.165) is 32.4 Å². The topological polar surface area (TPSA) is 108 Å². The minimum atomic E-state index is -0.530. The summed E-state index contributed by atoms with van der Waals surface area (Å²) in [6.45, 7) is 3.60. The number of anilines is 2. The molecule has 7 nitrogen and oxygen atoms in total. The lowest BCUT2D eigenvalue weighted by atomic mass is 10.0. The van der Waals surface area contributed by atoms with Crippen LogP contribution < -0.4 is 15.4 Å². The standard InChI is InChI=1S/C20H24FN5O2/c1-20(3-4-20)28-17-6-13(15(22)7-14(17)21)19(23)16-8-18(25-11-24-16)26-5-2-12(9-26)10-27/h6-8,11-12,23,27H,2-5,9-10,22H2,1H3. The first-order valence-electron chi connectivity index (χ1n) is 9.44. The van der Waals surface area contributed by atoms with Gasteiger partial charge in [0.25, 0.3) is 0 Å². The van der Waals surface area contributed by atoms with Gasteiger partial charge in [0, 0.05) is 49.0 Å². The summed E-state index contributed by atoms with van der Waals surface area (Å²) in [5.74, 6) is 0.508. The third kappa shape index (κ3) is 3.64. The first kappa shape index (κ1) is 18.6. The lowest BCUT2D eigenvalue weighted by Crippen LogP contribution is -2.22. The number of benzene rings is 1. The van der Waals surface area contributed by atoms with E-state index in [1.165, 1.54) is 18.5 Å². The maximum absolute atomic E-state index is 14.3. The summed E-state index contributed by atoms with van der Waals surface area (Å²) in [6.07, 6.45) is 4.07. The maximum atomic E-state index is 14.3. The molecular formula is C20H24FN5O2. The van der Waals surface area contributed by atoms with Gasteiger partial charge in [-0.2, -0.15) is 0 Å². The Morgan fingerprint density at radius 2 is 2.18 bits per heavy atom. The number of halogens is 1. The molecule has 1 aromatic carbocycles. The molecule has 4 rings (SSSR count). The molecule has 2 aromatic rings. The molecule has 1 aromatic heterocycles. The van der Waals surface area contributed by atoms with Crippen molar-refractivity contribution in [3.05, 3.63) is 41.6 Å². The van der Waals surface area contributed by atoms with Crippen LogP contribution in [0.2, 0.25) is 0 Å². The second kappa shape index (κ2) is 7.01. The van der Waals surface area contributed by atoms with Gasteiger partial charge in [-0.25, -0.2) is 14.4 Å². The summed E-state index contributed by atoms with van der Waals surface area (Å²) in [5.41, 5.74) is 6.68. The van der Waals surface area contributed by atoms with Gasteiger partial charge in [-0.05, 0) is 32.3 Å². The second-order valence-electron chi connectivity index (χ2n) is 7.84. The molecule has 148 valence electrons. The van der Waals surface area contributed by atoms with E-state index in [9.17, 15) is 9.50 Å². The molecule has 0 radical (unpaired) electrons. The zero-order chi connectivity index (χ0) is 19.9. The molecule has 1 unspecified atom stereocenters. The SMILES string of the molecule is CC1(Oc2cc(C(=N)c3cc(N4CCC(CO)C4)ncn3)c(N)cc2F)CC1. The van der Waals surface area contributed by atoms with Crippen molar-refractivity contribution in [3.63, 3.8) is 0 Å². The Labute approximate surface area is 162 Å². The van der Waals surface area contributed by atoms with Gasteiger partial charge in [-0.1, -0.05) is 0 Å². The van der Waals surface area contributed by atoms with Crippen molar-refractivity contribution < 1.29 is 14.2 Å². The van der Waals surface area contributed by atoms with Crippen LogP contribution in [-0.4, -0.2) is 46.1 Å². The number of nitrogens with zero attached hydrogens (tertiary/aromatic N) is 3. The maximum Gasteiger partial charge on any atom is 0.167 e. The number of aliphatic hydroxyl groups is 1. The molecule has 0 spiro atoms. The van der Waals surface area contributed by atoms with E-state index < -0.39 is 5.82 Å². The van der Waals surface area contributed by atoms with Crippen molar-refractivity contribution in [1.29, 1.82) is 5.41 Å². The number of rotatable bonds is 6. The molecule has 0 amide bonds. The Balaban J connectivity index is 1.61. The zero-order valence-corrected chi connectivity index (χ0v) is 15.8. The van der Waals surface area contributed by atoms with Gasteiger partial charge < -0.3 is 20.5 Å². The van der Waals surface area contributed by atoms with Crippen LogP contribution in [0.1, 0.15) is 37.4 Å². The summed E-state index contributed by atoms with van der Waals surface area (Å²) in [5, 5.41) is 17.9. The van der Waals surface area contributed by atoms with Crippen molar-refractivity contribution in [1.82, 2.24) is 9.97 Å². The summed E-state index contributed by atoms with van der Waals surface area (Å²) >= 11 is 0. The molecule has 2 heterocycles. The fraction of sp³-hybridized carbons (Fsp3) is 0.450. The van der Waals surface area contributed by atoms with Crippen LogP contribution >= 0.6 is 0 Å². The highest BCUT2D eigenvalue weighted by Crippen LogP contribution is 2.41. The van der Waals surface area contributed by atoms with Gasteiger partial charge in [0.05, 0.1) is 11.4 Å². The third-order valence-electron chi connectivity index (χ3n) is 5.46. The summed E-state index contributed by atoms with van der Waals surface area (Å²) in [4.78, 5) is 10.6. The fourth-order valence-electron chi connectivity index (χ4n) is 3.39. The van der Waals surface area contributed by atoms with E-state index in [0.29, 0.717) is 17.1 Å². The number of nitrogens with two attached hydrogens (primary N) is 1. The Kier molecular flexibility index (Phi) is 4.66. The van der Waals surface area contributed by atoms with Crippen LogP contribution in [0.5, 0.6) is 5.75 Å². The van der Waals surface area contributed by atoms with Gasteiger partial charge in [0.15, 0.2) is 11.6 Å². The highest BCUT2D eigenvalue weighted by atomic mass is 19.1. The second-order valence-corrected chi connectivity index (χ2v) is 7.84. The quantitative estimate of drug-likeness (QED) is 0.520. The van der Waals surface area contributed by atoms with E-state index in [1.54, 1.807) is 6.07 Å². The van der Waals surface area contributed by atoms with E-state index >= 15 is 0 Å². The van der Waals surface area contributed by atoms with Crippen molar-refractivity contribution in [3.8, 4) is 5.75 Å². The summed E-state index contributed by atoms with van der Waals surface area (Å²) < 4.78 is 20.0. The van der Waals surface area contributed by atoms with E-state index in [-0.39, 0.29) is 35.3 Å². The lowest BCUT2D eigenvalue weighted by Gasteiger charge is -2.18. The molecule has 1 atom stereocenters. The van der Waals surface area contributed by atoms with Crippen LogP contribution in [0.25, 0.3) is 0 Å². The Hall–Kier alpha value is -2.74. The molecular weight excluding hydrogens is 361 g/mol. The normalized spacial score (nSPS) is 20.2. The predicted molar refractivity (Wildman–Crippen MR) is 104 cm³/mol. The average Bonchev–Trinajstić information content (AvgIpc) is 3.22. The number of aromatic nitrogens is 2. The van der Waals surface area contributed by atoms with E-state index in [1.807, 2.05) is 6.92 Å². The Morgan fingerprint density at radius 3 is 2.86 bits per heavy atom. The molecule has 28 heavy (non-hydrogen) atoms. The number of nitrogens with one attached hydrogen (secondary N) is 1. The Bertz CT molecular complexity index is 915. The van der Waals surface area contributed by atoms with Crippen LogP contribution in [-0.2, 0) is 0 Å². The lowest BCUT2D eigenvalue weighted by molar-refractivity contribution is 0.191. The third-order valence-corrected chi connectivity index (χ3v) is 5.46. The minimum absolute atomic E-state index is 0.0878. The molecule has 2 aliphatic rings. The Morgan fingerprint density at radius 1 is 1.39 bits per heavy atom. The molecule has 1 aliphatic carbocycles. The van der Waals surface area contributed by atoms with Crippen LogP contribution in [0, 0.1) is 17.1 Å². The van der Waals surface area contributed by atoms with Crippen LogP contribution in [0.15, 0.2) is 24.5 Å². The van der Waals surface area contributed by atoms with Gasteiger partial charge in [0.2, 0.25) is 0 Å². The highest BCUT2D eigenvalue weighted by Gasteiger charge is 2.40. The van der Waals surface area contributed by atoms with Crippen molar-refractivity contribution in [2.75, 3.05) is 30.3 Å². The van der Waals surface area contributed by atoms with E-state index in [2.05, 4.69) is 14.9 Å². The zero-order valence-electron chi connectivity index (χ0n) is 15.8. The molecule has 1 aliphatic heterocycles. The molecule has 4 N–H and O–H groups in total. The minimum Gasteiger partial charge on any atom is -0.484 e. The monoisotopic (exact) mass is 385 g/mol. The number of hydrogen-bond donors (Lipinski definition) is 3. The van der Waals surface area contributed by atoms with Gasteiger partial charge in [-0.15, -0.1) is 0 Å². The molecule has 1 saturated heterocycles. The summed E-state index contributed by atoms with van der Waals surface area (Å²) in [6, 6.07) is 4.41. The number of nitrogen functional groups attached to an aromatic ring is 1. The first-order chi connectivity index (χ1) is 13.4. The van der Waals surface area contributed by atoms with Crippen LogP contribution in [0.3, 0.4) is 0 Å².